The maximum Gasteiger partial charge on any atom is 0.0907 e. The summed E-state index contributed by atoms with van der Waals surface area (Å²) in [6.07, 6.45) is 0. The predicted octanol–water partition coefficient (Wildman–Crippen LogP) is 4.82. The van der Waals surface area contributed by atoms with Crippen molar-refractivity contribution in [2.75, 3.05) is 11.9 Å². The minimum atomic E-state index is 0.495. The first-order valence-corrected chi connectivity index (χ1v) is 7.70. The Morgan fingerprint density at radius 1 is 1.15 bits per heavy atom. The van der Waals surface area contributed by atoms with E-state index in [1.165, 1.54) is 16.0 Å². The molecule has 3 aromatic rings. The van der Waals surface area contributed by atoms with Gasteiger partial charge in [0.15, 0.2) is 0 Å². The Morgan fingerprint density at radius 3 is 2.75 bits per heavy atom. The summed E-state index contributed by atoms with van der Waals surface area (Å²) in [6.45, 7) is 5.24. The topological polar surface area (TPSA) is 24.9 Å². The van der Waals surface area contributed by atoms with Gasteiger partial charge >= 0.3 is 0 Å². The van der Waals surface area contributed by atoms with E-state index in [2.05, 4.69) is 72.7 Å². The SMILES string of the molecule is Cc1nc2ccc(NCC(C)c3ccccc3)cc2s1. The van der Waals surface area contributed by atoms with Gasteiger partial charge in [-0.15, -0.1) is 11.3 Å². The minimum Gasteiger partial charge on any atom is -0.384 e. The van der Waals surface area contributed by atoms with Crippen LogP contribution in [0.5, 0.6) is 0 Å². The highest BCUT2D eigenvalue weighted by atomic mass is 32.1. The van der Waals surface area contributed by atoms with E-state index >= 15 is 0 Å². The van der Waals surface area contributed by atoms with Crippen molar-refractivity contribution in [2.24, 2.45) is 0 Å². The maximum absolute atomic E-state index is 4.49. The third-order valence-corrected chi connectivity index (χ3v) is 4.41. The Hall–Kier alpha value is -1.87. The van der Waals surface area contributed by atoms with Crippen LogP contribution in [0.3, 0.4) is 0 Å². The lowest BCUT2D eigenvalue weighted by Crippen LogP contribution is -2.09. The Labute approximate surface area is 123 Å². The zero-order valence-electron chi connectivity index (χ0n) is 11.8. The van der Waals surface area contributed by atoms with Crippen LogP contribution in [-0.2, 0) is 0 Å². The van der Waals surface area contributed by atoms with Gasteiger partial charge in [-0.3, -0.25) is 0 Å². The van der Waals surface area contributed by atoms with E-state index < -0.39 is 0 Å². The van der Waals surface area contributed by atoms with E-state index in [4.69, 9.17) is 0 Å². The van der Waals surface area contributed by atoms with Gasteiger partial charge in [0.05, 0.1) is 15.2 Å². The number of hydrogen-bond acceptors (Lipinski definition) is 3. The lowest BCUT2D eigenvalue weighted by Gasteiger charge is -2.14. The number of anilines is 1. The molecule has 0 bridgehead atoms. The summed E-state index contributed by atoms with van der Waals surface area (Å²) < 4.78 is 1.25. The lowest BCUT2D eigenvalue weighted by molar-refractivity contribution is 0.805. The van der Waals surface area contributed by atoms with Crippen molar-refractivity contribution in [1.82, 2.24) is 4.98 Å². The Balaban J connectivity index is 1.70. The van der Waals surface area contributed by atoms with Crippen LogP contribution in [0.2, 0.25) is 0 Å². The van der Waals surface area contributed by atoms with Gasteiger partial charge in [0.2, 0.25) is 0 Å². The van der Waals surface area contributed by atoms with Gasteiger partial charge in [-0.25, -0.2) is 4.98 Å². The Morgan fingerprint density at radius 2 is 1.95 bits per heavy atom. The van der Waals surface area contributed by atoms with Gasteiger partial charge in [0, 0.05) is 12.2 Å². The largest absolute Gasteiger partial charge is 0.384 e. The second kappa shape index (κ2) is 5.63. The molecule has 20 heavy (non-hydrogen) atoms. The standard InChI is InChI=1S/C17H18N2S/c1-12(14-6-4-3-5-7-14)11-18-15-8-9-16-17(10-15)20-13(2)19-16/h3-10,12,18H,11H2,1-2H3. The molecule has 1 aromatic heterocycles. The number of thiazole rings is 1. The molecule has 3 rings (SSSR count). The molecule has 3 heteroatoms. The second-order valence-electron chi connectivity index (χ2n) is 5.11. The fraction of sp³-hybridized carbons (Fsp3) is 0.235. The number of aryl methyl sites for hydroxylation is 1. The molecule has 0 aliphatic rings. The monoisotopic (exact) mass is 282 g/mol. The third-order valence-electron chi connectivity index (χ3n) is 3.48. The number of benzene rings is 2. The summed E-state index contributed by atoms with van der Waals surface area (Å²) in [4.78, 5) is 4.49. The van der Waals surface area contributed by atoms with Crippen molar-refractivity contribution in [3.63, 3.8) is 0 Å². The van der Waals surface area contributed by atoms with Crippen LogP contribution >= 0.6 is 11.3 Å². The molecule has 0 fully saturated rings. The van der Waals surface area contributed by atoms with E-state index in [0.717, 1.165) is 17.1 Å². The van der Waals surface area contributed by atoms with E-state index in [9.17, 15) is 0 Å². The smallest absolute Gasteiger partial charge is 0.0907 e. The van der Waals surface area contributed by atoms with Crippen molar-refractivity contribution in [1.29, 1.82) is 0 Å². The molecular formula is C17H18N2S. The Bertz CT molecular complexity index is 703. The first kappa shape index (κ1) is 13.1. The number of nitrogens with zero attached hydrogens (tertiary/aromatic N) is 1. The van der Waals surface area contributed by atoms with Crippen LogP contribution in [0.1, 0.15) is 23.4 Å². The lowest BCUT2D eigenvalue weighted by atomic mass is 10.0. The molecular weight excluding hydrogens is 264 g/mol. The molecule has 1 heterocycles. The van der Waals surface area contributed by atoms with Gasteiger partial charge in [-0.1, -0.05) is 37.3 Å². The van der Waals surface area contributed by atoms with Gasteiger partial charge in [0.25, 0.3) is 0 Å². The first-order valence-electron chi connectivity index (χ1n) is 6.88. The number of aromatic nitrogens is 1. The highest BCUT2D eigenvalue weighted by Gasteiger charge is 2.06. The molecule has 0 saturated carbocycles. The molecule has 1 atom stereocenters. The highest BCUT2D eigenvalue weighted by Crippen LogP contribution is 2.25. The van der Waals surface area contributed by atoms with Crippen molar-refractivity contribution in [2.45, 2.75) is 19.8 Å². The first-order chi connectivity index (χ1) is 9.72. The highest BCUT2D eigenvalue weighted by molar-refractivity contribution is 7.18. The summed E-state index contributed by atoms with van der Waals surface area (Å²) in [6, 6.07) is 17.0. The van der Waals surface area contributed by atoms with Crippen LogP contribution in [0.4, 0.5) is 5.69 Å². The third kappa shape index (κ3) is 2.83. The zero-order chi connectivity index (χ0) is 13.9. The predicted molar refractivity (Wildman–Crippen MR) is 87.7 cm³/mol. The molecule has 0 aliphatic heterocycles. The molecule has 102 valence electrons. The average molecular weight is 282 g/mol. The van der Waals surface area contributed by atoms with Gasteiger partial charge in [-0.05, 0) is 36.6 Å². The molecule has 1 N–H and O–H groups in total. The van der Waals surface area contributed by atoms with Crippen LogP contribution < -0.4 is 5.32 Å². The quantitative estimate of drug-likeness (QED) is 0.742. The molecule has 2 aromatic carbocycles. The fourth-order valence-corrected chi connectivity index (χ4v) is 3.19. The Kier molecular flexibility index (Phi) is 3.70. The van der Waals surface area contributed by atoms with Crippen LogP contribution in [-0.4, -0.2) is 11.5 Å². The normalized spacial score (nSPS) is 12.5. The van der Waals surface area contributed by atoms with Crippen molar-refractivity contribution < 1.29 is 0 Å². The molecule has 2 nitrogen and oxygen atoms in total. The summed E-state index contributed by atoms with van der Waals surface area (Å²) in [5.74, 6) is 0.495. The second-order valence-corrected chi connectivity index (χ2v) is 6.34. The fourth-order valence-electron chi connectivity index (χ4n) is 2.32. The summed E-state index contributed by atoms with van der Waals surface area (Å²) in [7, 11) is 0. The van der Waals surface area contributed by atoms with Crippen molar-refractivity contribution in [3.8, 4) is 0 Å². The molecule has 1 unspecified atom stereocenters. The van der Waals surface area contributed by atoms with Crippen LogP contribution in [0, 0.1) is 6.92 Å². The van der Waals surface area contributed by atoms with E-state index in [-0.39, 0.29) is 0 Å². The number of nitrogens with one attached hydrogen (secondary N) is 1. The number of rotatable bonds is 4. The minimum absolute atomic E-state index is 0.495. The molecule has 0 saturated heterocycles. The zero-order valence-corrected chi connectivity index (χ0v) is 12.6. The van der Waals surface area contributed by atoms with Gasteiger partial charge in [-0.2, -0.15) is 0 Å². The summed E-state index contributed by atoms with van der Waals surface area (Å²) in [5.41, 5.74) is 3.63. The average Bonchev–Trinajstić information content (AvgIpc) is 2.85. The van der Waals surface area contributed by atoms with Gasteiger partial charge < -0.3 is 5.32 Å². The number of fused-ring (bicyclic) bond motifs is 1. The number of hydrogen-bond donors (Lipinski definition) is 1. The van der Waals surface area contributed by atoms with E-state index in [1.54, 1.807) is 11.3 Å². The van der Waals surface area contributed by atoms with Crippen molar-refractivity contribution >= 4 is 27.2 Å². The van der Waals surface area contributed by atoms with Gasteiger partial charge in [0.1, 0.15) is 0 Å². The molecule has 0 aliphatic carbocycles. The molecule has 0 spiro atoms. The van der Waals surface area contributed by atoms with Crippen LogP contribution in [0.25, 0.3) is 10.2 Å². The maximum atomic E-state index is 4.49. The summed E-state index contributed by atoms with van der Waals surface area (Å²) >= 11 is 1.75. The van der Waals surface area contributed by atoms with Crippen molar-refractivity contribution in [3.05, 3.63) is 59.1 Å². The van der Waals surface area contributed by atoms with E-state index in [1.807, 2.05) is 0 Å². The molecule has 0 radical (unpaired) electrons. The molecule has 0 amide bonds. The van der Waals surface area contributed by atoms with Crippen LogP contribution in [0.15, 0.2) is 48.5 Å². The van der Waals surface area contributed by atoms with E-state index in [0.29, 0.717) is 5.92 Å². The summed E-state index contributed by atoms with van der Waals surface area (Å²) in [5, 5.41) is 4.64.